The molecule has 0 atom stereocenters. The van der Waals surface area contributed by atoms with Crippen molar-refractivity contribution < 1.29 is 19.1 Å². The molecule has 1 amide bonds. The number of nitriles is 1. The van der Waals surface area contributed by atoms with Crippen molar-refractivity contribution in [3.63, 3.8) is 0 Å². The van der Waals surface area contributed by atoms with Crippen molar-refractivity contribution in [3.8, 4) is 6.07 Å². The molecule has 1 aliphatic heterocycles. The Labute approximate surface area is 194 Å². The number of aromatic nitrogens is 2. The van der Waals surface area contributed by atoms with Crippen LogP contribution >= 0.6 is 0 Å². The van der Waals surface area contributed by atoms with Crippen LogP contribution in [-0.4, -0.2) is 48.0 Å². The maximum Gasteiger partial charge on any atom is 0.338 e. The van der Waals surface area contributed by atoms with Crippen molar-refractivity contribution >= 4 is 11.9 Å². The fraction of sp³-hybridized carbons (Fsp3) is 0.520. The van der Waals surface area contributed by atoms with Crippen LogP contribution < -0.4 is 5.32 Å². The van der Waals surface area contributed by atoms with E-state index in [1.807, 2.05) is 31.5 Å². The number of aryl methyl sites for hydroxylation is 1. The topological polar surface area (TPSA) is 106 Å². The molecule has 176 valence electrons. The minimum absolute atomic E-state index is 0.0833. The number of carbonyl (C=O) groups excluding carboxylic acids is 2. The third-order valence-corrected chi connectivity index (χ3v) is 5.57. The number of fused-ring (bicyclic) bond motifs is 1. The summed E-state index contributed by atoms with van der Waals surface area (Å²) in [7, 11) is 0. The van der Waals surface area contributed by atoms with Crippen molar-refractivity contribution in [2.45, 2.75) is 53.0 Å². The number of rotatable bonds is 6. The highest BCUT2D eigenvalue weighted by atomic mass is 16.5. The minimum Gasteiger partial charge on any atom is -0.461 e. The summed E-state index contributed by atoms with van der Waals surface area (Å²) in [4.78, 5) is 25.4. The molecular formula is C25H32N4O4. The Morgan fingerprint density at radius 3 is 2.70 bits per heavy atom. The van der Waals surface area contributed by atoms with E-state index >= 15 is 0 Å². The third-order valence-electron chi connectivity index (χ3n) is 5.57. The molecule has 0 fully saturated rings. The number of ether oxygens (including phenoxy) is 2. The second kappa shape index (κ2) is 11.1. The zero-order valence-electron chi connectivity index (χ0n) is 19.6. The lowest BCUT2D eigenvalue weighted by Crippen LogP contribution is -2.29. The van der Waals surface area contributed by atoms with Gasteiger partial charge in [-0.25, -0.2) is 4.79 Å². The Balaban J connectivity index is 1.75. The number of esters is 1. The lowest BCUT2D eigenvalue weighted by atomic mass is 9.94. The second-order valence-corrected chi connectivity index (χ2v) is 9.03. The lowest BCUT2D eigenvalue weighted by Gasteiger charge is -2.25. The molecule has 3 rings (SSSR count). The number of nitrogens with zero attached hydrogens (tertiary/aromatic N) is 3. The number of benzene rings is 1. The predicted molar refractivity (Wildman–Crippen MR) is 123 cm³/mol. The van der Waals surface area contributed by atoms with Gasteiger partial charge >= 0.3 is 5.97 Å². The van der Waals surface area contributed by atoms with Crippen LogP contribution in [0.2, 0.25) is 0 Å². The highest BCUT2D eigenvalue weighted by Crippen LogP contribution is 2.25. The highest BCUT2D eigenvalue weighted by molar-refractivity contribution is 5.96. The van der Waals surface area contributed by atoms with Crippen LogP contribution in [0.25, 0.3) is 0 Å². The standard InChI is InChI=1S/C25H32N4O4/c1-4-20-22-21(7-5-13-32-14-6-12-27-23(22)30)29(28-20)16-25(2,3)17-33-24(31)19-10-8-18(15-26)9-11-19/h8-11H,4-7,12-14,16-17H2,1-3H3,(H,27,30). The molecule has 0 saturated heterocycles. The van der Waals surface area contributed by atoms with Crippen molar-refractivity contribution in [2.24, 2.45) is 5.41 Å². The molecule has 1 aromatic heterocycles. The molecule has 0 spiro atoms. The van der Waals surface area contributed by atoms with E-state index in [4.69, 9.17) is 19.8 Å². The molecule has 0 saturated carbocycles. The summed E-state index contributed by atoms with van der Waals surface area (Å²) in [5, 5.41) is 16.7. The van der Waals surface area contributed by atoms with Gasteiger partial charge in [0.05, 0.1) is 40.8 Å². The molecule has 1 aliphatic rings. The van der Waals surface area contributed by atoms with E-state index in [2.05, 4.69) is 5.32 Å². The molecule has 0 bridgehead atoms. The summed E-state index contributed by atoms with van der Waals surface area (Å²) in [6, 6.07) is 8.40. The zero-order chi connectivity index (χ0) is 23.8. The quantitative estimate of drug-likeness (QED) is 0.674. The van der Waals surface area contributed by atoms with Gasteiger partial charge in [-0.2, -0.15) is 10.4 Å². The molecule has 1 N–H and O–H groups in total. The van der Waals surface area contributed by atoms with E-state index in [-0.39, 0.29) is 12.5 Å². The third kappa shape index (κ3) is 6.42. The van der Waals surface area contributed by atoms with E-state index in [9.17, 15) is 9.59 Å². The monoisotopic (exact) mass is 452 g/mol. The van der Waals surface area contributed by atoms with E-state index in [1.54, 1.807) is 24.3 Å². The molecule has 0 aliphatic carbocycles. The van der Waals surface area contributed by atoms with Gasteiger partial charge in [-0.15, -0.1) is 0 Å². The van der Waals surface area contributed by atoms with E-state index in [1.165, 1.54) is 0 Å². The van der Waals surface area contributed by atoms with Crippen molar-refractivity contribution in [3.05, 3.63) is 52.3 Å². The summed E-state index contributed by atoms with van der Waals surface area (Å²) in [6.45, 7) is 8.57. The molecule has 8 nitrogen and oxygen atoms in total. The van der Waals surface area contributed by atoms with Gasteiger partial charge in [0.15, 0.2) is 0 Å². The van der Waals surface area contributed by atoms with Crippen LogP contribution in [-0.2, 0) is 28.9 Å². The van der Waals surface area contributed by atoms with Gasteiger partial charge < -0.3 is 14.8 Å². The summed E-state index contributed by atoms with van der Waals surface area (Å²) >= 11 is 0. The van der Waals surface area contributed by atoms with Gasteiger partial charge in [0.25, 0.3) is 5.91 Å². The predicted octanol–water partition coefficient (Wildman–Crippen LogP) is 3.28. The van der Waals surface area contributed by atoms with E-state index < -0.39 is 11.4 Å². The first kappa shape index (κ1) is 24.5. The van der Waals surface area contributed by atoms with Crippen LogP contribution in [0.4, 0.5) is 0 Å². The van der Waals surface area contributed by atoms with Gasteiger partial charge in [0.1, 0.15) is 0 Å². The number of hydrogen-bond donors (Lipinski definition) is 1. The molecular weight excluding hydrogens is 420 g/mol. The maximum atomic E-state index is 12.9. The number of nitrogens with one attached hydrogen (secondary N) is 1. The van der Waals surface area contributed by atoms with Crippen molar-refractivity contribution in [2.75, 3.05) is 26.4 Å². The Hall–Kier alpha value is -3.18. The minimum atomic E-state index is -0.432. The van der Waals surface area contributed by atoms with Gasteiger partial charge in [-0.1, -0.05) is 20.8 Å². The average Bonchev–Trinajstić information content (AvgIpc) is 3.13. The fourth-order valence-corrected chi connectivity index (χ4v) is 3.83. The number of amides is 1. The van der Waals surface area contributed by atoms with Gasteiger partial charge in [0, 0.05) is 31.7 Å². The summed E-state index contributed by atoms with van der Waals surface area (Å²) < 4.78 is 13.1. The van der Waals surface area contributed by atoms with Crippen LogP contribution in [0.5, 0.6) is 0 Å². The molecule has 0 unspecified atom stereocenters. The summed E-state index contributed by atoms with van der Waals surface area (Å²) in [6.07, 6.45) is 2.95. The van der Waals surface area contributed by atoms with Crippen LogP contribution in [0.3, 0.4) is 0 Å². The second-order valence-electron chi connectivity index (χ2n) is 9.03. The van der Waals surface area contributed by atoms with Gasteiger partial charge in [-0.05, 0) is 49.9 Å². The molecule has 2 aromatic rings. The Morgan fingerprint density at radius 1 is 1.27 bits per heavy atom. The molecule has 0 radical (unpaired) electrons. The maximum absolute atomic E-state index is 12.9. The first-order valence-corrected chi connectivity index (χ1v) is 11.5. The fourth-order valence-electron chi connectivity index (χ4n) is 3.83. The largest absolute Gasteiger partial charge is 0.461 e. The van der Waals surface area contributed by atoms with Crippen LogP contribution in [0, 0.1) is 16.7 Å². The number of carbonyl (C=O) groups is 2. The Bertz CT molecular complexity index is 1020. The molecule has 8 heteroatoms. The van der Waals surface area contributed by atoms with Gasteiger partial charge in [0.2, 0.25) is 0 Å². The van der Waals surface area contributed by atoms with Gasteiger partial charge in [-0.3, -0.25) is 9.48 Å². The Kier molecular flexibility index (Phi) is 8.23. The van der Waals surface area contributed by atoms with E-state index in [0.717, 1.165) is 24.2 Å². The summed E-state index contributed by atoms with van der Waals surface area (Å²) in [5.74, 6) is -0.516. The van der Waals surface area contributed by atoms with Crippen molar-refractivity contribution in [1.29, 1.82) is 5.26 Å². The smallest absolute Gasteiger partial charge is 0.338 e. The first-order valence-electron chi connectivity index (χ1n) is 11.5. The SMILES string of the molecule is CCc1nn(CC(C)(C)COC(=O)c2ccc(C#N)cc2)c2c1C(=O)NCCCOCCC2. The number of hydrogen-bond acceptors (Lipinski definition) is 6. The average molecular weight is 453 g/mol. The van der Waals surface area contributed by atoms with E-state index in [0.29, 0.717) is 55.8 Å². The zero-order valence-corrected chi connectivity index (χ0v) is 19.6. The van der Waals surface area contributed by atoms with Crippen molar-refractivity contribution in [1.82, 2.24) is 15.1 Å². The first-order chi connectivity index (χ1) is 15.8. The summed E-state index contributed by atoms with van der Waals surface area (Å²) in [5.41, 5.74) is 2.85. The molecule has 33 heavy (non-hydrogen) atoms. The lowest BCUT2D eigenvalue weighted by molar-refractivity contribution is 0.0304. The highest BCUT2D eigenvalue weighted by Gasteiger charge is 2.28. The Morgan fingerprint density at radius 2 is 2.00 bits per heavy atom. The normalized spacial score (nSPS) is 15.0. The van der Waals surface area contributed by atoms with Crippen LogP contribution in [0.15, 0.2) is 24.3 Å². The molecule has 1 aromatic carbocycles. The van der Waals surface area contributed by atoms with Crippen LogP contribution in [0.1, 0.15) is 71.3 Å². The molecule has 2 heterocycles.